The fourth-order valence-corrected chi connectivity index (χ4v) is 6.29. The van der Waals surface area contributed by atoms with Crippen molar-refractivity contribution in [2.24, 2.45) is 0 Å². The summed E-state index contributed by atoms with van der Waals surface area (Å²) in [6.07, 6.45) is 3.68. The lowest BCUT2D eigenvalue weighted by atomic mass is 10.1. The molecule has 1 heterocycles. The van der Waals surface area contributed by atoms with E-state index in [9.17, 15) is 13.2 Å². The number of carbonyl (C=O) groups excluding carboxylic acids is 1. The number of halogens is 2. The lowest BCUT2D eigenvalue weighted by Crippen LogP contribution is -2.41. The smallest absolute Gasteiger partial charge is 0.264 e. The molecular weight excluding hydrogens is 517 g/mol. The van der Waals surface area contributed by atoms with Crippen LogP contribution >= 0.6 is 23.2 Å². The first-order chi connectivity index (χ1) is 17.2. The van der Waals surface area contributed by atoms with E-state index >= 15 is 0 Å². The standard InChI is InChI=1S/C27H29Cl2N3O3S/c1-20(21-10-12-24(13-11-21)31-14-6-3-7-15-31)30-27(33)19-32(25-17-22(28)16-23(29)18-25)36(34,35)26-8-4-2-5-9-26/h2,4-5,8-13,16-18,20H,3,6-7,14-15,19H2,1H3,(H,30,33). The summed E-state index contributed by atoms with van der Waals surface area (Å²) in [4.78, 5) is 15.5. The van der Waals surface area contributed by atoms with E-state index < -0.39 is 22.5 Å². The average molecular weight is 547 g/mol. The van der Waals surface area contributed by atoms with E-state index in [1.54, 1.807) is 18.2 Å². The van der Waals surface area contributed by atoms with E-state index in [1.807, 2.05) is 19.1 Å². The van der Waals surface area contributed by atoms with Gasteiger partial charge in [0.2, 0.25) is 5.91 Å². The van der Waals surface area contributed by atoms with E-state index in [4.69, 9.17) is 23.2 Å². The summed E-state index contributed by atoms with van der Waals surface area (Å²) < 4.78 is 28.0. The molecule has 3 aromatic rings. The fourth-order valence-electron chi connectivity index (χ4n) is 4.34. The van der Waals surface area contributed by atoms with Crippen molar-refractivity contribution in [3.63, 3.8) is 0 Å². The van der Waals surface area contributed by atoms with Gasteiger partial charge in [0.25, 0.3) is 10.0 Å². The Bertz CT molecular complexity index is 1280. The molecule has 1 fully saturated rings. The highest BCUT2D eigenvalue weighted by Crippen LogP contribution is 2.30. The molecule has 3 aromatic carbocycles. The minimum atomic E-state index is -4.05. The highest BCUT2D eigenvalue weighted by atomic mass is 35.5. The Hall–Kier alpha value is -2.74. The Morgan fingerprint density at radius 2 is 1.56 bits per heavy atom. The summed E-state index contributed by atoms with van der Waals surface area (Å²) in [5.41, 5.74) is 2.33. The Balaban J connectivity index is 1.52. The summed E-state index contributed by atoms with van der Waals surface area (Å²) in [5, 5.41) is 3.47. The number of hydrogen-bond donors (Lipinski definition) is 1. The van der Waals surface area contributed by atoms with Gasteiger partial charge in [-0.15, -0.1) is 0 Å². The van der Waals surface area contributed by atoms with Gasteiger partial charge in [0.1, 0.15) is 6.54 Å². The van der Waals surface area contributed by atoms with Crippen LogP contribution in [0.5, 0.6) is 0 Å². The monoisotopic (exact) mass is 545 g/mol. The summed E-state index contributed by atoms with van der Waals surface area (Å²) in [6.45, 7) is 3.57. The summed E-state index contributed by atoms with van der Waals surface area (Å²) in [7, 11) is -4.05. The van der Waals surface area contributed by atoms with Crippen LogP contribution in [0.15, 0.2) is 77.7 Å². The third kappa shape index (κ3) is 6.33. The molecular formula is C27H29Cl2N3O3S. The molecule has 6 nitrogen and oxygen atoms in total. The van der Waals surface area contributed by atoms with Crippen LogP contribution in [0.4, 0.5) is 11.4 Å². The molecule has 1 aliphatic rings. The number of sulfonamides is 1. The second-order valence-electron chi connectivity index (χ2n) is 8.88. The molecule has 0 spiro atoms. The first-order valence-electron chi connectivity index (χ1n) is 11.9. The lowest BCUT2D eigenvalue weighted by Gasteiger charge is -2.29. The molecule has 0 saturated carbocycles. The van der Waals surface area contributed by atoms with Crippen LogP contribution in [-0.4, -0.2) is 34.0 Å². The van der Waals surface area contributed by atoms with Crippen LogP contribution in [0.3, 0.4) is 0 Å². The Morgan fingerprint density at radius 1 is 0.944 bits per heavy atom. The maximum absolute atomic E-state index is 13.5. The molecule has 190 valence electrons. The van der Waals surface area contributed by atoms with Crippen LogP contribution in [0.2, 0.25) is 10.0 Å². The molecule has 0 bridgehead atoms. The van der Waals surface area contributed by atoms with Crippen molar-refractivity contribution >= 4 is 50.5 Å². The van der Waals surface area contributed by atoms with Gasteiger partial charge in [-0.05, 0) is 74.2 Å². The second-order valence-corrected chi connectivity index (χ2v) is 11.6. The van der Waals surface area contributed by atoms with Gasteiger partial charge < -0.3 is 10.2 Å². The molecule has 0 aromatic heterocycles. The molecule has 9 heteroatoms. The molecule has 1 atom stereocenters. The second kappa shape index (κ2) is 11.5. The van der Waals surface area contributed by atoms with Crippen molar-refractivity contribution in [2.45, 2.75) is 37.1 Å². The van der Waals surface area contributed by atoms with Crippen LogP contribution in [0.1, 0.15) is 37.8 Å². The predicted octanol–water partition coefficient (Wildman–Crippen LogP) is 6.06. The van der Waals surface area contributed by atoms with E-state index in [0.29, 0.717) is 0 Å². The molecule has 0 aliphatic carbocycles. The van der Waals surface area contributed by atoms with E-state index in [-0.39, 0.29) is 26.7 Å². The minimum absolute atomic E-state index is 0.0650. The van der Waals surface area contributed by atoms with Crippen LogP contribution in [-0.2, 0) is 14.8 Å². The maximum Gasteiger partial charge on any atom is 0.264 e. The first kappa shape index (κ1) is 26.3. The van der Waals surface area contributed by atoms with Crippen molar-refractivity contribution in [1.29, 1.82) is 0 Å². The fraction of sp³-hybridized carbons (Fsp3) is 0.296. The Kier molecular flexibility index (Phi) is 8.44. The molecule has 4 rings (SSSR count). The SMILES string of the molecule is CC(NC(=O)CN(c1cc(Cl)cc(Cl)c1)S(=O)(=O)c1ccccc1)c1ccc(N2CCCCC2)cc1. The number of piperidine rings is 1. The third-order valence-corrected chi connectivity index (χ3v) is 8.47. The van der Waals surface area contributed by atoms with E-state index in [0.717, 1.165) is 23.0 Å². The number of nitrogens with zero attached hydrogens (tertiary/aromatic N) is 2. The molecule has 1 N–H and O–H groups in total. The average Bonchev–Trinajstić information content (AvgIpc) is 2.87. The molecule has 36 heavy (non-hydrogen) atoms. The molecule has 0 radical (unpaired) electrons. The zero-order chi connectivity index (χ0) is 25.7. The Morgan fingerprint density at radius 3 is 2.17 bits per heavy atom. The van der Waals surface area contributed by atoms with Crippen molar-refractivity contribution < 1.29 is 13.2 Å². The van der Waals surface area contributed by atoms with Crippen LogP contribution < -0.4 is 14.5 Å². The first-order valence-corrected chi connectivity index (χ1v) is 14.1. The summed E-state index contributed by atoms with van der Waals surface area (Å²) in [5.74, 6) is -0.446. The minimum Gasteiger partial charge on any atom is -0.372 e. The van der Waals surface area contributed by atoms with Gasteiger partial charge in [-0.25, -0.2) is 8.42 Å². The number of amides is 1. The Labute approximate surface area is 222 Å². The molecule has 1 unspecified atom stereocenters. The van der Waals surface area contributed by atoms with E-state index in [2.05, 4.69) is 22.3 Å². The van der Waals surface area contributed by atoms with Gasteiger partial charge in [0, 0.05) is 28.8 Å². The zero-order valence-electron chi connectivity index (χ0n) is 20.0. The highest BCUT2D eigenvalue weighted by molar-refractivity contribution is 7.92. The number of carbonyl (C=O) groups is 1. The number of benzene rings is 3. The van der Waals surface area contributed by atoms with Gasteiger partial charge >= 0.3 is 0 Å². The van der Waals surface area contributed by atoms with Crippen molar-refractivity contribution in [2.75, 3.05) is 28.8 Å². The van der Waals surface area contributed by atoms with Gasteiger partial charge in [-0.3, -0.25) is 9.10 Å². The van der Waals surface area contributed by atoms with Gasteiger partial charge in [-0.2, -0.15) is 0 Å². The van der Waals surface area contributed by atoms with Crippen molar-refractivity contribution in [3.8, 4) is 0 Å². The van der Waals surface area contributed by atoms with Crippen molar-refractivity contribution in [1.82, 2.24) is 5.32 Å². The van der Waals surface area contributed by atoms with Crippen LogP contribution in [0, 0.1) is 0 Å². The molecule has 1 amide bonds. The lowest BCUT2D eigenvalue weighted by molar-refractivity contribution is -0.120. The largest absolute Gasteiger partial charge is 0.372 e. The number of anilines is 2. The predicted molar refractivity (Wildman–Crippen MR) is 146 cm³/mol. The summed E-state index contributed by atoms with van der Waals surface area (Å²) >= 11 is 12.3. The number of hydrogen-bond acceptors (Lipinski definition) is 4. The van der Waals surface area contributed by atoms with Crippen LogP contribution in [0.25, 0.3) is 0 Å². The van der Waals surface area contributed by atoms with Gasteiger partial charge in [0.15, 0.2) is 0 Å². The topological polar surface area (TPSA) is 69.7 Å². The highest BCUT2D eigenvalue weighted by Gasteiger charge is 2.28. The molecule has 1 aliphatic heterocycles. The zero-order valence-corrected chi connectivity index (χ0v) is 22.4. The van der Waals surface area contributed by atoms with Gasteiger partial charge in [0.05, 0.1) is 16.6 Å². The van der Waals surface area contributed by atoms with Gasteiger partial charge in [-0.1, -0.05) is 53.5 Å². The quantitative estimate of drug-likeness (QED) is 0.373. The molecule has 1 saturated heterocycles. The summed E-state index contributed by atoms with van der Waals surface area (Å²) in [6, 6.07) is 20.3. The number of rotatable bonds is 8. The normalized spacial score (nSPS) is 14.8. The number of nitrogens with one attached hydrogen (secondary N) is 1. The van der Waals surface area contributed by atoms with E-state index in [1.165, 1.54) is 55.3 Å². The van der Waals surface area contributed by atoms with Crippen molar-refractivity contribution in [3.05, 3.63) is 88.4 Å². The maximum atomic E-state index is 13.5. The third-order valence-electron chi connectivity index (χ3n) is 6.25.